The first-order valence-corrected chi connectivity index (χ1v) is 6.96. The van der Waals surface area contributed by atoms with E-state index in [0.717, 1.165) is 24.5 Å². The Labute approximate surface area is 111 Å². The fraction of sp³-hybridized carbons (Fsp3) is 0.308. The van der Waals surface area contributed by atoms with Crippen LogP contribution >= 0.6 is 22.9 Å². The molecular formula is C13H15ClN2S. The highest BCUT2D eigenvalue weighted by molar-refractivity contribution is 7.09. The van der Waals surface area contributed by atoms with Crippen molar-refractivity contribution < 1.29 is 0 Å². The maximum Gasteiger partial charge on any atom is 0.128 e. The Balaban J connectivity index is 1.96. The van der Waals surface area contributed by atoms with Crippen LogP contribution in [0.15, 0.2) is 35.7 Å². The van der Waals surface area contributed by atoms with E-state index < -0.39 is 0 Å². The van der Waals surface area contributed by atoms with Crippen LogP contribution in [0.4, 0.5) is 5.82 Å². The van der Waals surface area contributed by atoms with Gasteiger partial charge in [-0.15, -0.1) is 22.9 Å². The van der Waals surface area contributed by atoms with Crippen LogP contribution in [-0.2, 0) is 12.3 Å². The Morgan fingerprint density at radius 1 is 1.29 bits per heavy atom. The molecule has 0 saturated heterocycles. The van der Waals surface area contributed by atoms with Crippen LogP contribution in [0.25, 0.3) is 0 Å². The summed E-state index contributed by atoms with van der Waals surface area (Å²) >= 11 is 7.58. The van der Waals surface area contributed by atoms with E-state index in [4.69, 9.17) is 11.6 Å². The second kappa shape index (κ2) is 6.03. The number of halogens is 1. The molecule has 0 spiro atoms. The summed E-state index contributed by atoms with van der Waals surface area (Å²) in [5.41, 5.74) is 0.923. The summed E-state index contributed by atoms with van der Waals surface area (Å²) < 4.78 is 0. The van der Waals surface area contributed by atoms with Gasteiger partial charge in [-0.1, -0.05) is 12.1 Å². The third-order valence-corrected chi connectivity index (χ3v) is 3.80. The van der Waals surface area contributed by atoms with Gasteiger partial charge in [0.15, 0.2) is 0 Å². The minimum Gasteiger partial charge on any atom is -0.359 e. The highest BCUT2D eigenvalue weighted by atomic mass is 35.5. The number of likely N-dealkylation sites (N-methyl/N-ethyl adjacent to an activating group) is 1. The number of alkyl halides is 1. The lowest BCUT2D eigenvalue weighted by Crippen LogP contribution is -2.21. The van der Waals surface area contributed by atoms with E-state index >= 15 is 0 Å². The van der Waals surface area contributed by atoms with Gasteiger partial charge in [0.05, 0.1) is 11.6 Å². The summed E-state index contributed by atoms with van der Waals surface area (Å²) in [6, 6.07) is 10.2. The van der Waals surface area contributed by atoms with Crippen molar-refractivity contribution >= 4 is 28.8 Å². The Hall–Kier alpha value is -1.06. The molecule has 4 heteroatoms. The van der Waals surface area contributed by atoms with Crippen molar-refractivity contribution in [3.05, 3.63) is 46.3 Å². The lowest BCUT2D eigenvalue weighted by atomic mass is 10.3. The molecule has 0 unspecified atom stereocenters. The molecule has 0 atom stereocenters. The van der Waals surface area contributed by atoms with Crippen molar-refractivity contribution in [3.8, 4) is 0 Å². The quantitative estimate of drug-likeness (QED) is 0.770. The zero-order valence-electron chi connectivity index (χ0n) is 9.77. The molecule has 2 heterocycles. The first-order valence-electron chi connectivity index (χ1n) is 5.55. The Morgan fingerprint density at radius 2 is 2.18 bits per heavy atom. The molecule has 0 aliphatic heterocycles. The van der Waals surface area contributed by atoms with Crippen molar-refractivity contribution in [1.82, 2.24) is 4.98 Å². The van der Waals surface area contributed by atoms with Gasteiger partial charge in [-0.2, -0.15) is 0 Å². The fourth-order valence-electron chi connectivity index (χ4n) is 1.60. The molecule has 0 N–H and O–H groups in total. The molecule has 0 amide bonds. The van der Waals surface area contributed by atoms with Gasteiger partial charge in [-0.05, 0) is 30.0 Å². The van der Waals surface area contributed by atoms with Crippen LogP contribution in [0.2, 0.25) is 0 Å². The van der Waals surface area contributed by atoms with Crippen molar-refractivity contribution in [2.75, 3.05) is 18.5 Å². The number of hydrogen-bond acceptors (Lipinski definition) is 3. The number of pyridine rings is 1. The van der Waals surface area contributed by atoms with Crippen LogP contribution < -0.4 is 4.90 Å². The van der Waals surface area contributed by atoms with E-state index in [0.29, 0.717) is 5.88 Å². The predicted octanol–water partition coefficient (Wildman–Crippen LogP) is 3.56. The molecule has 0 fully saturated rings. The molecule has 90 valence electrons. The molecule has 0 aromatic carbocycles. The lowest BCUT2D eigenvalue weighted by Gasteiger charge is -2.18. The third-order valence-electron chi connectivity index (χ3n) is 2.59. The maximum atomic E-state index is 5.78. The topological polar surface area (TPSA) is 16.1 Å². The fourth-order valence-corrected chi connectivity index (χ4v) is 2.45. The van der Waals surface area contributed by atoms with Crippen LogP contribution in [0.1, 0.15) is 10.6 Å². The molecule has 2 aromatic rings. The molecule has 0 aliphatic carbocycles. The third kappa shape index (κ3) is 3.45. The second-order valence-electron chi connectivity index (χ2n) is 3.87. The number of thiophene rings is 1. The van der Waals surface area contributed by atoms with E-state index in [2.05, 4.69) is 34.4 Å². The maximum absolute atomic E-state index is 5.78. The van der Waals surface area contributed by atoms with Crippen molar-refractivity contribution in [2.45, 2.75) is 12.3 Å². The average molecular weight is 267 g/mol. The SMILES string of the molecule is CN(CCc1cccs1)c1cccc(CCl)n1. The molecule has 0 radical (unpaired) electrons. The summed E-state index contributed by atoms with van der Waals surface area (Å²) in [6.45, 7) is 0.971. The molecular weight excluding hydrogens is 252 g/mol. The summed E-state index contributed by atoms with van der Waals surface area (Å²) in [4.78, 5) is 8.06. The number of hydrogen-bond donors (Lipinski definition) is 0. The summed E-state index contributed by atoms with van der Waals surface area (Å²) in [7, 11) is 2.06. The highest BCUT2D eigenvalue weighted by Crippen LogP contribution is 2.14. The number of aromatic nitrogens is 1. The van der Waals surface area contributed by atoms with Gasteiger partial charge in [0.25, 0.3) is 0 Å². The smallest absolute Gasteiger partial charge is 0.128 e. The predicted molar refractivity (Wildman–Crippen MR) is 75.1 cm³/mol. The van der Waals surface area contributed by atoms with Gasteiger partial charge in [-0.25, -0.2) is 4.98 Å². The summed E-state index contributed by atoms with van der Waals surface area (Å²) in [5, 5.41) is 2.11. The van der Waals surface area contributed by atoms with Crippen LogP contribution in [0.3, 0.4) is 0 Å². The minimum absolute atomic E-state index is 0.465. The molecule has 0 saturated carbocycles. The average Bonchev–Trinajstić information content (AvgIpc) is 2.89. The number of nitrogens with zero attached hydrogens (tertiary/aromatic N) is 2. The van der Waals surface area contributed by atoms with Crippen molar-refractivity contribution in [1.29, 1.82) is 0 Å². The van der Waals surface area contributed by atoms with Gasteiger partial charge in [0.1, 0.15) is 5.82 Å². The van der Waals surface area contributed by atoms with E-state index in [1.807, 2.05) is 18.2 Å². The van der Waals surface area contributed by atoms with E-state index in [1.165, 1.54) is 4.88 Å². The molecule has 2 nitrogen and oxygen atoms in total. The second-order valence-corrected chi connectivity index (χ2v) is 5.17. The van der Waals surface area contributed by atoms with Gasteiger partial charge in [0, 0.05) is 18.5 Å². The van der Waals surface area contributed by atoms with E-state index in [9.17, 15) is 0 Å². The van der Waals surface area contributed by atoms with Gasteiger partial charge in [0.2, 0.25) is 0 Å². The number of anilines is 1. The van der Waals surface area contributed by atoms with Crippen molar-refractivity contribution in [3.63, 3.8) is 0 Å². The normalized spacial score (nSPS) is 10.5. The summed E-state index contributed by atoms with van der Waals surface area (Å²) in [5.74, 6) is 1.45. The van der Waals surface area contributed by atoms with Gasteiger partial charge >= 0.3 is 0 Å². The standard InChI is InChI=1S/C13H15ClN2S/c1-16(8-7-12-5-3-9-17-12)13-6-2-4-11(10-14)15-13/h2-6,9H,7-8,10H2,1H3. The first kappa shape index (κ1) is 12.4. The Kier molecular flexibility index (Phi) is 4.40. The largest absolute Gasteiger partial charge is 0.359 e. The molecule has 2 rings (SSSR count). The van der Waals surface area contributed by atoms with Crippen LogP contribution in [0, 0.1) is 0 Å². The number of rotatable bonds is 5. The minimum atomic E-state index is 0.465. The lowest BCUT2D eigenvalue weighted by molar-refractivity contribution is 0.864. The molecule has 2 aromatic heterocycles. The zero-order chi connectivity index (χ0) is 12.1. The van der Waals surface area contributed by atoms with E-state index in [-0.39, 0.29) is 0 Å². The van der Waals surface area contributed by atoms with E-state index in [1.54, 1.807) is 11.3 Å². The zero-order valence-corrected chi connectivity index (χ0v) is 11.3. The van der Waals surface area contributed by atoms with Gasteiger partial charge < -0.3 is 4.90 Å². The van der Waals surface area contributed by atoms with Crippen molar-refractivity contribution in [2.24, 2.45) is 0 Å². The molecule has 0 bridgehead atoms. The van der Waals surface area contributed by atoms with Crippen LogP contribution in [-0.4, -0.2) is 18.6 Å². The molecule has 17 heavy (non-hydrogen) atoms. The first-order chi connectivity index (χ1) is 8.29. The Bertz CT molecular complexity index is 456. The Morgan fingerprint density at radius 3 is 2.88 bits per heavy atom. The highest BCUT2D eigenvalue weighted by Gasteiger charge is 2.04. The summed E-state index contributed by atoms with van der Waals surface area (Å²) in [6.07, 6.45) is 1.06. The van der Waals surface area contributed by atoms with Crippen LogP contribution in [0.5, 0.6) is 0 Å². The molecule has 0 aliphatic rings. The monoisotopic (exact) mass is 266 g/mol. The van der Waals surface area contributed by atoms with Gasteiger partial charge in [-0.3, -0.25) is 0 Å².